The number of rotatable bonds is 7. The number of aliphatic hydroxyl groups is 4. The molecule has 14 heteroatoms. The third-order valence-corrected chi connectivity index (χ3v) is 6.98. The summed E-state index contributed by atoms with van der Waals surface area (Å²) in [6.45, 7) is -0.763. The summed E-state index contributed by atoms with van der Waals surface area (Å²) in [5.41, 5.74) is 0.709. The third-order valence-electron chi connectivity index (χ3n) is 6.98. The number of benzene rings is 3. The predicted octanol–water partition coefficient (Wildman–Crippen LogP) is 1.34. The Kier molecular flexibility index (Phi) is 8.42. The van der Waals surface area contributed by atoms with Crippen molar-refractivity contribution in [3.05, 3.63) is 77.1 Å². The molecule has 10 N–H and O–H groups in total. The number of carbonyl (C=O) groups excluding carboxylic acids is 1. The molecule has 0 amide bonds. The Morgan fingerprint density at radius 2 is 1.57 bits per heavy atom. The van der Waals surface area contributed by atoms with Crippen molar-refractivity contribution in [2.75, 3.05) is 6.61 Å². The summed E-state index contributed by atoms with van der Waals surface area (Å²) < 4.78 is 21.3. The number of aliphatic hydroxyl groups excluding tert-OH is 3. The molecule has 1 saturated heterocycles. The highest BCUT2D eigenvalue weighted by molar-refractivity contribution is 5.87. The number of phenolic OH excluding ortho intramolecular Hbond substituents is 6. The predicted molar refractivity (Wildman–Crippen MR) is 149 cm³/mol. The number of phenols is 6. The van der Waals surface area contributed by atoms with Gasteiger partial charge in [0.2, 0.25) is 6.29 Å². The molecule has 3 aromatic rings. The summed E-state index contributed by atoms with van der Waals surface area (Å²) >= 11 is 0. The van der Waals surface area contributed by atoms with Crippen LogP contribution in [-0.2, 0) is 19.0 Å². The van der Waals surface area contributed by atoms with Crippen LogP contribution < -0.4 is 0 Å². The minimum atomic E-state index is -1.84. The van der Waals surface area contributed by atoms with Gasteiger partial charge in [-0.25, -0.2) is 4.79 Å². The van der Waals surface area contributed by atoms with Crippen molar-refractivity contribution in [1.29, 1.82) is 0 Å². The van der Waals surface area contributed by atoms with Gasteiger partial charge in [0.25, 0.3) is 11.9 Å². The first kappa shape index (κ1) is 30.3. The zero-order valence-electron chi connectivity index (χ0n) is 22.6. The van der Waals surface area contributed by atoms with Crippen molar-refractivity contribution in [2.45, 2.75) is 36.8 Å². The summed E-state index contributed by atoms with van der Waals surface area (Å²) in [5, 5.41) is 91.5. The SMILES string of the molecule is O=C(/C=C/c1ccc(O)cc1)O[C@@H]1[C@@H](O)[C@H](OC2=Cc3c(O)cc(O)cc3[OH+]C2c2cc(O)c(O)c(O)c2)O[C@H](CO)[C@H]1O. The van der Waals surface area contributed by atoms with Gasteiger partial charge >= 0.3 is 5.97 Å². The Bertz CT molecular complexity index is 1570. The van der Waals surface area contributed by atoms with E-state index < -0.39 is 66.6 Å². The van der Waals surface area contributed by atoms with E-state index in [2.05, 4.69) is 4.74 Å². The Labute approximate surface area is 248 Å². The first-order valence-electron chi connectivity index (χ1n) is 13.1. The van der Waals surface area contributed by atoms with Crippen molar-refractivity contribution in [3.63, 3.8) is 0 Å². The fourth-order valence-corrected chi connectivity index (χ4v) is 4.75. The fourth-order valence-electron chi connectivity index (χ4n) is 4.75. The average molecular weight is 614 g/mol. The minimum Gasteiger partial charge on any atom is -0.571 e. The number of aromatic hydroxyl groups is 7. The molecule has 6 atom stereocenters. The number of hydrogen-bond donors (Lipinski definition) is 9. The van der Waals surface area contributed by atoms with Crippen LogP contribution in [0.1, 0.15) is 22.8 Å². The van der Waals surface area contributed by atoms with Crippen LogP contribution in [0.25, 0.3) is 12.2 Å². The van der Waals surface area contributed by atoms with Crippen LogP contribution in [0.2, 0.25) is 0 Å². The lowest BCUT2D eigenvalue weighted by Gasteiger charge is -2.41. The monoisotopic (exact) mass is 613 g/mol. The van der Waals surface area contributed by atoms with E-state index in [0.717, 1.165) is 24.3 Å². The summed E-state index contributed by atoms with van der Waals surface area (Å²) in [6, 6.07) is 10.3. The Hall–Kier alpha value is -5.15. The molecule has 2 heterocycles. The van der Waals surface area contributed by atoms with Crippen LogP contribution in [-0.4, -0.2) is 94.0 Å². The second-order valence-electron chi connectivity index (χ2n) is 10.0. The lowest BCUT2D eigenvalue weighted by Crippen LogP contribution is -2.60. The van der Waals surface area contributed by atoms with E-state index in [1.165, 1.54) is 42.5 Å². The molecule has 5 rings (SSSR count). The van der Waals surface area contributed by atoms with E-state index in [9.17, 15) is 50.8 Å². The molecule has 0 saturated carbocycles. The maximum absolute atomic E-state index is 12.6. The Morgan fingerprint density at radius 1 is 0.886 bits per heavy atom. The lowest BCUT2D eigenvalue weighted by atomic mass is 9.98. The molecule has 2 aliphatic rings. The summed E-state index contributed by atoms with van der Waals surface area (Å²) in [5.74, 6) is -3.86. The van der Waals surface area contributed by atoms with Gasteiger partial charge in [0.15, 0.2) is 35.2 Å². The maximum atomic E-state index is 12.6. The van der Waals surface area contributed by atoms with E-state index in [1.807, 2.05) is 0 Å². The lowest BCUT2D eigenvalue weighted by molar-refractivity contribution is -0.297. The van der Waals surface area contributed by atoms with Crippen LogP contribution in [0.15, 0.2) is 60.4 Å². The smallest absolute Gasteiger partial charge is 0.331 e. The van der Waals surface area contributed by atoms with Crippen LogP contribution in [0.4, 0.5) is 0 Å². The topological polar surface area (TPSA) is 240 Å². The van der Waals surface area contributed by atoms with Crippen LogP contribution >= 0.6 is 0 Å². The highest BCUT2D eigenvalue weighted by Gasteiger charge is 2.49. The first-order valence-corrected chi connectivity index (χ1v) is 13.1. The molecule has 0 bridgehead atoms. The van der Waals surface area contributed by atoms with Gasteiger partial charge in [0.1, 0.15) is 35.0 Å². The fraction of sp³-hybridized carbons (Fsp3) is 0.233. The average Bonchev–Trinajstić information content (AvgIpc) is 2.98. The van der Waals surface area contributed by atoms with E-state index in [1.54, 1.807) is 0 Å². The zero-order chi connectivity index (χ0) is 31.7. The van der Waals surface area contributed by atoms with E-state index in [0.29, 0.717) is 5.56 Å². The first-order chi connectivity index (χ1) is 20.9. The van der Waals surface area contributed by atoms with Crippen LogP contribution in [0.3, 0.4) is 0 Å². The van der Waals surface area contributed by atoms with Crippen LogP contribution in [0.5, 0.6) is 40.2 Å². The van der Waals surface area contributed by atoms with E-state index >= 15 is 0 Å². The molecule has 3 aromatic carbocycles. The largest absolute Gasteiger partial charge is 0.571 e. The molecule has 1 fully saturated rings. The summed E-state index contributed by atoms with van der Waals surface area (Å²) in [7, 11) is 0. The zero-order valence-corrected chi connectivity index (χ0v) is 22.6. The quantitative estimate of drug-likeness (QED) is 0.0792. The van der Waals surface area contributed by atoms with Crippen molar-refractivity contribution in [2.24, 2.45) is 0 Å². The molecule has 0 spiro atoms. The van der Waals surface area contributed by atoms with Crippen molar-refractivity contribution < 1.29 is 69.7 Å². The number of hydrogen-bond acceptors (Lipinski definition) is 13. The Balaban J connectivity index is 1.44. The highest BCUT2D eigenvalue weighted by atomic mass is 16.7. The molecule has 44 heavy (non-hydrogen) atoms. The van der Waals surface area contributed by atoms with E-state index in [4.69, 9.17) is 14.2 Å². The molecule has 14 nitrogen and oxygen atoms in total. The molecule has 1 unspecified atom stereocenters. The van der Waals surface area contributed by atoms with Gasteiger partial charge in [-0.1, -0.05) is 12.1 Å². The van der Waals surface area contributed by atoms with Crippen molar-refractivity contribution in [1.82, 2.24) is 0 Å². The minimum absolute atomic E-state index is 0.0262. The molecule has 0 aliphatic carbocycles. The van der Waals surface area contributed by atoms with Crippen molar-refractivity contribution in [3.8, 4) is 40.2 Å². The summed E-state index contributed by atoms with van der Waals surface area (Å²) in [4.78, 5) is 12.6. The molecule has 0 radical (unpaired) electrons. The molecule has 232 valence electrons. The molecule has 0 aromatic heterocycles. The number of ether oxygens (including phenoxy) is 4. The van der Waals surface area contributed by atoms with Crippen molar-refractivity contribution >= 4 is 18.1 Å². The van der Waals surface area contributed by atoms with Gasteiger partial charge in [-0.05, 0) is 35.9 Å². The van der Waals surface area contributed by atoms with Gasteiger partial charge < -0.3 is 64.9 Å². The normalized spacial score (nSPS) is 24.7. The second kappa shape index (κ2) is 12.2. The summed E-state index contributed by atoms with van der Waals surface area (Å²) in [6.07, 6.45) is -5.77. The third kappa shape index (κ3) is 6.14. The Morgan fingerprint density at radius 3 is 2.23 bits per heavy atom. The number of carbonyl (C=O) groups is 1. The number of fused-ring (bicyclic) bond motifs is 1. The van der Waals surface area contributed by atoms with Gasteiger partial charge in [0.05, 0.1) is 18.2 Å². The maximum Gasteiger partial charge on any atom is 0.331 e. The van der Waals surface area contributed by atoms with Gasteiger partial charge in [-0.15, -0.1) is 0 Å². The molecule has 2 aliphatic heterocycles. The molecular weight excluding hydrogens is 584 g/mol. The molecular formula is C30H29O14+. The standard InChI is InChI=1S/C30H28O14/c31-12-23-26(39)29(44-24(37)6-3-13-1-4-15(32)5-2-13)27(40)30(43-23)42-22-11-17-18(34)9-16(33)10-21(17)41-28(22)14-7-19(35)25(38)20(36)8-14/h1-11,23,26-36,38-40H,12H2/p+1/b6-3+/t23-,26-,27-,28?,29+,30-/m1/s1. The second-order valence-corrected chi connectivity index (χ2v) is 10.0. The van der Waals surface area contributed by atoms with Gasteiger partial charge in [-0.3, -0.25) is 0 Å². The van der Waals surface area contributed by atoms with Gasteiger partial charge in [0, 0.05) is 18.2 Å². The van der Waals surface area contributed by atoms with Gasteiger partial charge in [-0.2, -0.15) is 0 Å². The van der Waals surface area contributed by atoms with E-state index in [-0.39, 0.29) is 39.9 Å². The number of esters is 1. The van der Waals surface area contributed by atoms with Crippen LogP contribution in [0, 0.1) is 0 Å². The highest BCUT2D eigenvalue weighted by Crippen LogP contribution is 2.47.